The van der Waals surface area contributed by atoms with Gasteiger partial charge in [-0.2, -0.15) is 5.10 Å². The van der Waals surface area contributed by atoms with Crippen LogP contribution in [0.15, 0.2) is 50.8 Å². The molecule has 0 aliphatic rings. The molecule has 0 radical (unpaired) electrons. The van der Waals surface area contributed by atoms with Gasteiger partial charge in [-0.1, -0.05) is 33.6 Å². The Hall–Kier alpha value is -2.93. The van der Waals surface area contributed by atoms with Crippen molar-refractivity contribution in [1.82, 2.24) is 15.2 Å². The number of nitrogens with zero attached hydrogens (tertiary/aromatic N) is 2. The van der Waals surface area contributed by atoms with Gasteiger partial charge in [-0.3, -0.25) is 14.7 Å². The highest BCUT2D eigenvalue weighted by Gasteiger charge is 2.14. The number of H-pyrrole nitrogens is 1. The standard InChI is InChI=1S/C21H21BrN4O2/c1-12-5-7-16(8-6-12)20(27)24-23-11-17-15(4)25-26(21(17)28)19-10-9-18(22)13(2)14(19)3/h5-11,25H,1-4H3,(H,24,27). The molecule has 0 unspecified atom stereocenters. The number of carbonyl (C=O) groups is 1. The number of rotatable bonds is 4. The molecule has 28 heavy (non-hydrogen) atoms. The van der Waals surface area contributed by atoms with E-state index in [0.29, 0.717) is 16.8 Å². The molecule has 0 aliphatic carbocycles. The quantitative estimate of drug-likeness (QED) is 0.476. The molecular weight excluding hydrogens is 420 g/mol. The molecule has 6 nitrogen and oxygen atoms in total. The summed E-state index contributed by atoms with van der Waals surface area (Å²) in [5.74, 6) is -0.329. The normalized spacial score (nSPS) is 11.2. The van der Waals surface area contributed by atoms with Crippen LogP contribution in [-0.2, 0) is 0 Å². The van der Waals surface area contributed by atoms with E-state index in [1.54, 1.807) is 19.1 Å². The van der Waals surface area contributed by atoms with Gasteiger partial charge < -0.3 is 0 Å². The summed E-state index contributed by atoms with van der Waals surface area (Å²) in [6.45, 7) is 7.70. The zero-order chi connectivity index (χ0) is 20.4. The molecule has 7 heteroatoms. The van der Waals surface area contributed by atoms with E-state index in [-0.39, 0.29) is 11.5 Å². The SMILES string of the molecule is Cc1ccc(C(=O)NN=Cc2c(C)[nH]n(-c3ccc(Br)c(C)c3C)c2=O)cc1. The van der Waals surface area contributed by atoms with Crippen LogP contribution in [0.1, 0.15) is 38.3 Å². The zero-order valence-corrected chi connectivity index (χ0v) is 17.7. The number of aromatic amines is 1. The molecule has 0 spiro atoms. The number of benzene rings is 2. The summed E-state index contributed by atoms with van der Waals surface area (Å²) in [4.78, 5) is 25.0. The average Bonchev–Trinajstić information content (AvgIpc) is 2.95. The maximum absolute atomic E-state index is 12.8. The summed E-state index contributed by atoms with van der Waals surface area (Å²) in [7, 11) is 0. The highest BCUT2D eigenvalue weighted by atomic mass is 79.9. The molecule has 3 aromatic rings. The molecule has 0 saturated heterocycles. The Balaban J connectivity index is 1.85. The zero-order valence-electron chi connectivity index (χ0n) is 16.1. The van der Waals surface area contributed by atoms with Gasteiger partial charge in [0.2, 0.25) is 0 Å². The molecule has 144 valence electrons. The maximum atomic E-state index is 12.8. The van der Waals surface area contributed by atoms with Crippen LogP contribution < -0.4 is 11.0 Å². The van der Waals surface area contributed by atoms with Crippen LogP contribution in [0.5, 0.6) is 0 Å². The van der Waals surface area contributed by atoms with E-state index in [2.05, 4.69) is 31.6 Å². The molecular formula is C21H21BrN4O2. The van der Waals surface area contributed by atoms with Crippen molar-refractivity contribution in [2.75, 3.05) is 0 Å². The van der Waals surface area contributed by atoms with Crippen molar-refractivity contribution in [3.05, 3.63) is 84.7 Å². The predicted octanol–water partition coefficient (Wildman–Crippen LogP) is 3.93. The number of aromatic nitrogens is 2. The van der Waals surface area contributed by atoms with Crippen LogP contribution >= 0.6 is 15.9 Å². The minimum absolute atomic E-state index is 0.226. The first-order chi connectivity index (χ1) is 13.3. The van der Waals surface area contributed by atoms with E-state index in [0.717, 1.165) is 26.9 Å². The average molecular weight is 441 g/mol. The second-order valence-corrected chi connectivity index (χ2v) is 7.53. The van der Waals surface area contributed by atoms with E-state index in [4.69, 9.17) is 0 Å². The van der Waals surface area contributed by atoms with Gasteiger partial charge in [0.25, 0.3) is 11.5 Å². The number of amides is 1. The Kier molecular flexibility index (Phi) is 5.65. The summed E-state index contributed by atoms with van der Waals surface area (Å²) < 4.78 is 2.48. The first-order valence-electron chi connectivity index (χ1n) is 8.77. The second-order valence-electron chi connectivity index (χ2n) is 6.67. The lowest BCUT2D eigenvalue weighted by molar-refractivity contribution is 0.0955. The van der Waals surface area contributed by atoms with Gasteiger partial charge in [0.1, 0.15) is 0 Å². The molecule has 2 aromatic carbocycles. The fourth-order valence-corrected chi connectivity index (χ4v) is 3.25. The van der Waals surface area contributed by atoms with Gasteiger partial charge in [-0.15, -0.1) is 0 Å². The third-order valence-corrected chi connectivity index (χ3v) is 5.58. The van der Waals surface area contributed by atoms with E-state index >= 15 is 0 Å². The number of aryl methyl sites for hydroxylation is 2. The summed E-state index contributed by atoms with van der Waals surface area (Å²) >= 11 is 3.50. The van der Waals surface area contributed by atoms with Crippen molar-refractivity contribution in [2.24, 2.45) is 5.10 Å². The number of hydrazone groups is 1. The number of nitrogens with one attached hydrogen (secondary N) is 2. The van der Waals surface area contributed by atoms with Crippen LogP contribution in [0.3, 0.4) is 0 Å². The summed E-state index contributed by atoms with van der Waals surface area (Å²) in [6.07, 6.45) is 1.37. The van der Waals surface area contributed by atoms with Gasteiger partial charge in [-0.25, -0.2) is 10.1 Å². The third kappa shape index (κ3) is 3.84. The third-order valence-electron chi connectivity index (χ3n) is 4.72. The van der Waals surface area contributed by atoms with Crippen LogP contribution in [0.4, 0.5) is 0 Å². The van der Waals surface area contributed by atoms with Crippen molar-refractivity contribution in [3.8, 4) is 5.69 Å². The Labute approximate surface area is 171 Å². The first kappa shape index (κ1) is 19.8. The van der Waals surface area contributed by atoms with Gasteiger partial charge in [-0.05, 0) is 63.1 Å². The largest absolute Gasteiger partial charge is 0.295 e. The van der Waals surface area contributed by atoms with Gasteiger partial charge in [0.15, 0.2) is 0 Å². The first-order valence-corrected chi connectivity index (χ1v) is 9.56. The minimum atomic E-state index is -0.329. The lowest BCUT2D eigenvalue weighted by Gasteiger charge is -2.10. The molecule has 0 atom stereocenters. The highest BCUT2D eigenvalue weighted by molar-refractivity contribution is 9.10. The van der Waals surface area contributed by atoms with Crippen molar-refractivity contribution in [1.29, 1.82) is 0 Å². The Morgan fingerprint density at radius 3 is 2.43 bits per heavy atom. The van der Waals surface area contributed by atoms with Crippen LogP contribution in [-0.4, -0.2) is 21.9 Å². The second kappa shape index (κ2) is 7.98. The van der Waals surface area contributed by atoms with Crippen LogP contribution in [0.2, 0.25) is 0 Å². The number of hydrogen-bond acceptors (Lipinski definition) is 3. The summed E-state index contributed by atoms with van der Waals surface area (Å²) in [5, 5.41) is 7.04. The summed E-state index contributed by atoms with van der Waals surface area (Å²) in [6, 6.07) is 11.0. The molecule has 3 rings (SSSR count). The van der Waals surface area contributed by atoms with Gasteiger partial charge in [0.05, 0.1) is 17.5 Å². The topological polar surface area (TPSA) is 79.2 Å². The lowest BCUT2D eigenvalue weighted by atomic mass is 10.1. The van der Waals surface area contributed by atoms with Gasteiger partial charge in [0, 0.05) is 15.7 Å². The molecule has 0 saturated carbocycles. The molecule has 2 N–H and O–H groups in total. The van der Waals surface area contributed by atoms with Gasteiger partial charge >= 0.3 is 0 Å². The van der Waals surface area contributed by atoms with Crippen molar-refractivity contribution < 1.29 is 4.79 Å². The van der Waals surface area contributed by atoms with Crippen LogP contribution in [0, 0.1) is 27.7 Å². The molecule has 1 amide bonds. The molecule has 0 aliphatic heterocycles. The predicted molar refractivity (Wildman–Crippen MR) is 115 cm³/mol. The molecule has 0 fully saturated rings. The number of carbonyl (C=O) groups excluding carboxylic acids is 1. The smallest absolute Gasteiger partial charge is 0.280 e. The maximum Gasteiger partial charge on any atom is 0.280 e. The lowest BCUT2D eigenvalue weighted by Crippen LogP contribution is -2.20. The fourth-order valence-electron chi connectivity index (χ4n) is 2.82. The van der Waals surface area contributed by atoms with Crippen molar-refractivity contribution in [2.45, 2.75) is 27.7 Å². The van der Waals surface area contributed by atoms with E-state index in [1.165, 1.54) is 10.9 Å². The van der Waals surface area contributed by atoms with Crippen molar-refractivity contribution in [3.63, 3.8) is 0 Å². The van der Waals surface area contributed by atoms with Crippen LogP contribution in [0.25, 0.3) is 5.69 Å². The Bertz CT molecular complexity index is 1120. The highest BCUT2D eigenvalue weighted by Crippen LogP contribution is 2.24. The number of hydrogen-bond donors (Lipinski definition) is 2. The molecule has 1 aromatic heterocycles. The monoisotopic (exact) mass is 440 g/mol. The molecule has 0 bridgehead atoms. The minimum Gasteiger partial charge on any atom is -0.295 e. The Morgan fingerprint density at radius 2 is 1.75 bits per heavy atom. The Morgan fingerprint density at radius 1 is 1.07 bits per heavy atom. The molecule has 1 heterocycles. The summed E-state index contributed by atoms with van der Waals surface area (Å²) in [5.41, 5.74) is 7.71. The van der Waals surface area contributed by atoms with Crippen molar-refractivity contribution >= 4 is 28.1 Å². The van der Waals surface area contributed by atoms with E-state index in [1.807, 2.05) is 45.0 Å². The van der Waals surface area contributed by atoms with E-state index < -0.39 is 0 Å². The fraction of sp³-hybridized carbons (Fsp3) is 0.190. The van der Waals surface area contributed by atoms with E-state index in [9.17, 15) is 9.59 Å². The number of halogens is 1.